The van der Waals surface area contributed by atoms with Crippen LogP contribution >= 0.6 is 23.2 Å². The van der Waals surface area contributed by atoms with Crippen molar-refractivity contribution >= 4 is 40.8 Å². The number of carboxylic acids is 1. The summed E-state index contributed by atoms with van der Waals surface area (Å²) in [7, 11) is 0. The largest absolute Gasteiger partial charge is 0.478 e. The highest BCUT2D eigenvalue weighted by atomic mass is 35.5. The summed E-state index contributed by atoms with van der Waals surface area (Å²) in [6.07, 6.45) is -3.40. The molecule has 1 amide bonds. The maximum absolute atomic E-state index is 13.3. The molecular formula is C20H13Cl2F3N8O3. The Morgan fingerprint density at radius 2 is 1.92 bits per heavy atom. The van der Waals surface area contributed by atoms with Crippen LogP contribution in [0.4, 0.5) is 18.9 Å². The number of rotatable bonds is 6. The van der Waals surface area contributed by atoms with Crippen molar-refractivity contribution in [2.24, 2.45) is 0 Å². The summed E-state index contributed by atoms with van der Waals surface area (Å²) in [5.74, 6) is -3.52. The van der Waals surface area contributed by atoms with Crippen molar-refractivity contribution in [3.63, 3.8) is 0 Å². The fourth-order valence-corrected chi connectivity index (χ4v) is 3.66. The number of hydrogen-bond acceptors (Lipinski definition) is 7. The van der Waals surface area contributed by atoms with Gasteiger partial charge in [-0.3, -0.25) is 4.79 Å². The first-order valence-electron chi connectivity index (χ1n) is 9.83. The van der Waals surface area contributed by atoms with Gasteiger partial charge in [-0.2, -0.15) is 23.1 Å². The van der Waals surface area contributed by atoms with Gasteiger partial charge in [0.1, 0.15) is 12.2 Å². The predicted octanol–water partition coefficient (Wildman–Crippen LogP) is 3.89. The summed E-state index contributed by atoms with van der Waals surface area (Å²) < 4.78 is 39.5. The molecule has 0 aliphatic carbocycles. The number of halogens is 5. The average Bonchev–Trinajstić information content (AvgIpc) is 3.43. The lowest BCUT2D eigenvalue weighted by Gasteiger charge is -2.13. The lowest BCUT2D eigenvalue weighted by molar-refractivity contribution is -0.145. The minimum Gasteiger partial charge on any atom is -0.478 e. The standard InChI is InChI=1S/C20H13Cl2F3N8O3/c1-9-5-10(21)6-12(18(35)36)15(9)27-17(34)14-7-11(8-32-30-19(28-31-32)20(23,24)25)29-33(14)16-13(22)3-2-4-26-16/h2-7H,8H2,1H3,(H,27,34)(H,35,36). The zero-order valence-electron chi connectivity index (χ0n) is 18.0. The number of amides is 1. The SMILES string of the molecule is Cc1cc(Cl)cc(C(=O)O)c1NC(=O)c1cc(Cn2nnc(C(F)(F)F)n2)nn1-c1ncccc1Cl. The summed E-state index contributed by atoms with van der Waals surface area (Å²) in [6.45, 7) is 1.18. The van der Waals surface area contributed by atoms with Crippen molar-refractivity contribution in [1.29, 1.82) is 0 Å². The van der Waals surface area contributed by atoms with Gasteiger partial charge < -0.3 is 10.4 Å². The van der Waals surface area contributed by atoms with E-state index in [0.717, 1.165) is 4.68 Å². The topological polar surface area (TPSA) is 141 Å². The molecule has 0 saturated carbocycles. The first-order valence-corrected chi connectivity index (χ1v) is 10.6. The van der Waals surface area contributed by atoms with Crippen molar-refractivity contribution in [3.8, 4) is 5.82 Å². The number of pyridine rings is 1. The molecule has 0 atom stereocenters. The predicted molar refractivity (Wildman–Crippen MR) is 119 cm³/mol. The molecule has 0 radical (unpaired) electrons. The Kier molecular flexibility index (Phi) is 6.65. The lowest BCUT2D eigenvalue weighted by atomic mass is 10.1. The molecular weight excluding hydrogens is 528 g/mol. The number of carbonyl (C=O) groups is 2. The molecule has 3 heterocycles. The molecule has 186 valence electrons. The Balaban J connectivity index is 1.75. The summed E-state index contributed by atoms with van der Waals surface area (Å²) in [6, 6.07) is 6.94. The quantitative estimate of drug-likeness (QED) is 0.375. The number of nitrogens with zero attached hydrogens (tertiary/aromatic N) is 7. The summed E-state index contributed by atoms with van der Waals surface area (Å²) in [5.41, 5.74) is 0.0433. The minimum absolute atomic E-state index is 0.00826. The molecule has 0 spiro atoms. The van der Waals surface area contributed by atoms with Crippen molar-refractivity contribution in [2.75, 3.05) is 5.32 Å². The van der Waals surface area contributed by atoms with Gasteiger partial charge in [0.15, 0.2) is 5.82 Å². The number of carbonyl (C=O) groups excluding carboxylic acids is 1. The van der Waals surface area contributed by atoms with Crippen molar-refractivity contribution in [2.45, 2.75) is 19.6 Å². The number of tetrazole rings is 1. The van der Waals surface area contributed by atoms with Gasteiger partial charge in [-0.1, -0.05) is 23.2 Å². The summed E-state index contributed by atoms with van der Waals surface area (Å²) in [5, 5.41) is 26.2. The van der Waals surface area contributed by atoms with Crippen LogP contribution in [-0.4, -0.2) is 52.0 Å². The van der Waals surface area contributed by atoms with E-state index in [2.05, 4.69) is 30.8 Å². The zero-order valence-corrected chi connectivity index (χ0v) is 19.5. The number of aromatic carboxylic acids is 1. The van der Waals surface area contributed by atoms with Crippen molar-refractivity contribution in [3.05, 3.63) is 74.9 Å². The summed E-state index contributed by atoms with van der Waals surface area (Å²) in [4.78, 5) is 29.7. The second kappa shape index (κ2) is 9.54. The Bertz CT molecular complexity index is 1490. The Morgan fingerprint density at radius 3 is 2.56 bits per heavy atom. The van der Waals surface area contributed by atoms with Crippen LogP contribution in [0, 0.1) is 6.92 Å². The Hall–Kier alpha value is -4.04. The first kappa shape index (κ1) is 25.1. The van der Waals surface area contributed by atoms with E-state index in [1.165, 1.54) is 30.5 Å². The van der Waals surface area contributed by atoms with E-state index >= 15 is 0 Å². The van der Waals surface area contributed by atoms with Crippen LogP contribution in [0.1, 0.15) is 37.9 Å². The van der Waals surface area contributed by atoms with E-state index in [9.17, 15) is 27.9 Å². The van der Waals surface area contributed by atoms with E-state index in [4.69, 9.17) is 23.2 Å². The Morgan fingerprint density at radius 1 is 1.17 bits per heavy atom. The minimum atomic E-state index is -4.79. The van der Waals surface area contributed by atoms with Crippen LogP contribution in [0.3, 0.4) is 0 Å². The number of aryl methyl sites for hydroxylation is 1. The van der Waals surface area contributed by atoms with Gasteiger partial charge in [0, 0.05) is 11.2 Å². The molecule has 1 aromatic carbocycles. The van der Waals surface area contributed by atoms with E-state index in [1.54, 1.807) is 13.0 Å². The van der Waals surface area contributed by atoms with Crippen molar-refractivity contribution < 1.29 is 27.9 Å². The molecule has 0 fully saturated rings. The molecule has 16 heteroatoms. The Labute approximate surface area is 209 Å². The van der Waals surface area contributed by atoms with Crippen molar-refractivity contribution in [1.82, 2.24) is 35.0 Å². The first-order chi connectivity index (χ1) is 16.9. The molecule has 4 rings (SSSR count). The van der Waals surface area contributed by atoms with Crippen LogP contribution in [-0.2, 0) is 12.7 Å². The van der Waals surface area contributed by atoms with E-state index in [0.29, 0.717) is 10.4 Å². The van der Waals surface area contributed by atoms with Crippen LogP contribution < -0.4 is 5.32 Å². The van der Waals surface area contributed by atoms with Gasteiger partial charge in [0.2, 0.25) is 0 Å². The average molecular weight is 541 g/mol. The van der Waals surface area contributed by atoms with Gasteiger partial charge in [-0.05, 0) is 48.0 Å². The molecule has 0 bridgehead atoms. The van der Waals surface area contributed by atoms with Gasteiger partial charge in [-0.15, -0.1) is 10.2 Å². The fourth-order valence-electron chi connectivity index (χ4n) is 3.19. The molecule has 11 nitrogen and oxygen atoms in total. The highest BCUT2D eigenvalue weighted by molar-refractivity contribution is 6.32. The number of alkyl halides is 3. The smallest absolute Gasteiger partial charge is 0.455 e. The number of carboxylic acid groups (broad SMARTS) is 1. The molecule has 0 aliphatic heterocycles. The third-order valence-corrected chi connectivity index (χ3v) is 5.22. The molecule has 0 aliphatic rings. The molecule has 2 N–H and O–H groups in total. The molecule has 36 heavy (non-hydrogen) atoms. The highest BCUT2D eigenvalue weighted by Crippen LogP contribution is 2.28. The van der Waals surface area contributed by atoms with Crippen LogP contribution in [0.5, 0.6) is 0 Å². The highest BCUT2D eigenvalue weighted by Gasteiger charge is 2.37. The number of anilines is 1. The molecule has 3 aromatic heterocycles. The van der Waals surface area contributed by atoms with Gasteiger partial charge >= 0.3 is 12.1 Å². The molecule has 0 saturated heterocycles. The lowest BCUT2D eigenvalue weighted by Crippen LogP contribution is -2.20. The van der Waals surface area contributed by atoms with Gasteiger partial charge in [0.25, 0.3) is 11.7 Å². The van der Waals surface area contributed by atoms with Crippen LogP contribution in [0.2, 0.25) is 10.0 Å². The summed E-state index contributed by atoms with van der Waals surface area (Å²) >= 11 is 12.2. The number of hydrogen-bond donors (Lipinski definition) is 2. The number of benzene rings is 1. The third-order valence-electron chi connectivity index (χ3n) is 4.71. The second-order valence-electron chi connectivity index (χ2n) is 7.29. The maximum atomic E-state index is 13.3. The normalized spacial score (nSPS) is 11.5. The van der Waals surface area contributed by atoms with E-state index in [-0.39, 0.29) is 45.0 Å². The second-order valence-corrected chi connectivity index (χ2v) is 8.13. The molecule has 0 unspecified atom stereocenters. The van der Waals surface area contributed by atoms with Gasteiger partial charge in [-0.25, -0.2) is 14.5 Å². The zero-order chi connectivity index (χ0) is 26.2. The maximum Gasteiger partial charge on any atom is 0.455 e. The number of aromatic nitrogens is 7. The van der Waals surface area contributed by atoms with E-state index in [1.807, 2.05) is 0 Å². The van der Waals surface area contributed by atoms with Gasteiger partial charge in [0.05, 0.1) is 22.0 Å². The van der Waals surface area contributed by atoms with Crippen LogP contribution in [0.25, 0.3) is 5.82 Å². The molecule has 4 aromatic rings. The third kappa shape index (κ3) is 5.13. The monoisotopic (exact) mass is 540 g/mol. The van der Waals surface area contributed by atoms with Crippen LogP contribution in [0.15, 0.2) is 36.5 Å². The number of nitrogens with one attached hydrogen (secondary N) is 1. The fraction of sp³-hybridized carbons (Fsp3) is 0.150. The van der Waals surface area contributed by atoms with E-state index < -0.39 is 23.9 Å².